The zero-order valence-corrected chi connectivity index (χ0v) is 7.91. The number of benzene rings is 1. The molecule has 14 heavy (non-hydrogen) atoms. The minimum absolute atomic E-state index is 0.438. The number of aliphatic hydroxyl groups is 1. The Hall–Kier alpha value is -1.15. The fraction of sp³-hybridized carbons (Fsp3) is 0.333. The van der Waals surface area contributed by atoms with Crippen LogP contribution in [0.3, 0.4) is 0 Å². The minimum Gasteiger partial charge on any atom is -0.385 e. The molecule has 0 spiro atoms. The zero-order chi connectivity index (χ0) is 10.0. The Morgan fingerprint density at radius 2 is 2.00 bits per heavy atom. The molecule has 1 N–H and O–H groups in total. The van der Waals surface area contributed by atoms with E-state index in [0.29, 0.717) is 19.2 Å². The van der Waals surface area contributed by atoms with Crippen molar-refractivity contribution < 1.29 is 9.50 Å². The molecule has 0 fully saturated rings. The van der Waals surface area contributed by atoms with Gasteiger partial charge in [-0.05, 0) is 30.0 Å². The molecular weight excluding hydrogens is 179 g/mol. The number of rotatable bonds is 1. The molecule has 1 nitrogen and oxygen atoms in total. The lowest BCUT2D eigenvalue weighted by molar-refractivity contribution is 0.0750. The molecule has 2 heteroatoms. The molecule has 1 atom stereocenters. The van der Waals surface area contributed by atoms with Gasteiger partial charge in [0.15, 0.2) is 0 Å². The highest BCUT2D eigenvalue weighted by atomic mass is 19.1. The van der Waals surface area contributed by atoms with Crippen LogP contribution in [0.1, 0.15) is 17.5 Å². The fourth-order valence-electron chi connectivity index (χ4n) is 2.00. The van der Waals surface area contributed by atoms with Gasteiger partial charge in [0.2, 0.25) is 0 Å². The van der Waals surface area contributed by atoms with Crippen molar-refractivity contribution in [3.05, 3.63) is 47.8 Å². The second-order valence-electron chi connectivity index (χ2n) is 3.84. The maximum absolute atomic E-state index is 12.1. The van der Waals surface area contributed by atoms with E-state index >= 15 is 0 Å². The van der Waals surface area contributed by atoms with Gasteiger partial charge in [0.1, 0.15) is 0 Å². The highest BCUT2D eigenvalue weighted by molar-refractivity contribution is 5.32. The van der Waals surface area contributed by atoms with Gasteiger partial charge in [-0.2, -0.15) is 0 Å². The van der Waals surface area contributed by atoms with E-state index in [4.69, 9.17) is 0 Å². The summed E-state index contributed by atoms with van der Waals surface area (Å²) in [5.41, 5.74) is 1.41. The second-order valence-corrected chi connectivity index (χ2v) is 3.84. The normalized spacial score (nSPS) is 26.4. The molecule has 0 bridgehead atoms. The van der Waals surface area contributed by atoms with Gasteiger partial charge in [-0.15, -0.1) is 0 Å². The lowest BCUT2D eigenvalue weighted by atomic mass is 9.80. The van der Waals surface area contributed by atoms with Crippen LogP contribution in [0.4, 0.5) is 4.39 Å². The van der Waals surface area contributed by atoms with Crippen LogP contribution in [-0.2, 0) is 12.8 Å². The van der Waals surface area contributed by atoms with Crippen molar-refractivity contribution in [2.45, 2.75) is 24.9 Å². The van der Waals surface area contributed by atoms with Crippen molar-refractivity contribution in [1.82, 2.24) is 0 Å². The Balaban J connectivity index is 2.29. The maximum Gasteiger partial charge on any atom is 0.0896 e. The summed E-state index contributed by atoms with van der Waals surface area (Å²) in [6, 6.07) is 8.00. The number of aryl methyl sites for hydroxylation is 1. The van der Waals surface area contributed by atoms with Crippen molar-refractivity contribution in [2.75, 3.05) is 0 Å². The third-order valence-corrected chi connectivity index (χ3v) is 2.82. The number of hydrogen-bond donors (Lipinski definition) is 1. The van der Waals surface area contributed by atoms with Crippen molar-refractivity contribution in [1.29, 1.82) is 0 Å². The van der Waals surface area contributed by atoms with Crippen LogP contribution in [0.15, 0.2) is 36.7 Å². The van der Waals surface area contributed by atoms with Gasteiger partial charge in [-0.3, -0.25) is 0 Å². The zero-order valence-electron chi connectivity index (χ0n) is 7.91. The van der Waals surface area contributed by atoms with Gasteiger partial charge >= 0.3 is 0 Å². The monoisotopic (exact) mass is 192 g/mol. The first-order chi connectivity index (χ1) is 6.73. The smallest absolute Gasteiger partial charge is 0.0896 e. The fourth-order valence-corrected chi connectivity index (χ4v) is 2.00. The molecule has 2 rings (SSSR count). The van der Waals surface area contributed by atoms with Gasteiger partial charge in [0, 0.05) is 6.42 Å². The van der Waals surface area contributed by atoms with Crippen LogP contribution in [0.5, 0.6) is 0 Å². The van der Waals surface area contributed by atoms with E-state index < -0.39 is 5.60 Å². The van der Waals surface area contributed by atoms with E-state index in [-0.39, 0.29) is 0 Å². The van der Waals surface area contributed by atoms with Crippen LogP contribution < -0.4 is 0 Å². The third-order valence-electron chi connectivity index (χ3n) is 2.82. The van der Waals surface area contributed by atoms with E-state index in [1.165, 1.54) is 11.6 Å². The molecule has 1 aliphatic carbocycles. The Kier molecular flexibility index (Phi) is 2.38. The number of halogens is 1. The third kappa shape index (κ3) is 1.70. The summed E-state index contributed by atoms with van der Waals surface area (Å²) >= 11 is 0. The van der Waals surface area contributed by atoms with E-state index in [2.05, 4.69) is 6.07 Å². The summed E-state index contributed by atoms with van der Waals surface area (Å²) < 4.78 is 12.1. The molecule has 1 aromatic carbocycles. The quantitative estimate of drug-likeness (QED) is 0.724. The van der Waals surface area contributed by atoms with Gasteiger partial charge in [0.05, 0.1) is 11.9 Å². The summed E-state index contributed by atoms with van der Waals surface area (Å²) in [5.74, 6) is 0. The van der Waals surface area contributed by atoms with Crippen LogP contribution in [-0.4, -0.2) is 10.7 Å². The van der Waals surface area contributed by atoms with Crippen LogP contribution in [0, 0.1) is 0 Å². The lowest BCUT2D eigenvalue weighted by Crippen LogP contribution is -2.33. The molecule has 0 aromatic heterocycles. The van der Waals surface area contributed by atoms with E-state index in [1.54, 1.807) is 0 Å². The molecule has 0 aliphatic heterocycles. The Morgan fingerprint density at radius 3 is 2.71 bits per heavy atom. The first-order valence-corrected chi connectivity index (χ1v) is 4.81. The Morgan fingerprint density at radius 1 is 1.29 bits per heavy atom. The molecule has 74 valence electrons. The van der Waals surface area contributed by atoms with Crippen molar-refractivity contribution in [3.8, 4) is 0 Å². The molecule has 0 amide bonds. The van der Waals surface area contributed by atoms with E-state index in [0.717, 1.165) is 12.0 Å². The minimum atomic E-state index is -0.983. The van der Waals surface area contributed by atoms with Crippen molar-refractivity contribution in [3.63, 3.8) is 0 Å². The molecule has 0 unspecified atom stereocenters. The largest absolute Gasteiger partial charge is 0.385 e. The van der Waals surface area contributed by atoms with Gasteiger partial charge < -0.3 is 5.11 Å². The van der Waals surface area contributed by atoms with Crippen LogP contribution in [0.2, 0.25) is 0 Å². The number of hydrogen-bond acceptors (Lipinski definition) is 1. The summed E-state index contributed by atoms with van der Waals surface area (Å²) in [6.45, 7) is 0. The standard InChI is InChI=1S/C12H13FO/c13-8-7-12(14)6-5-10-3-1-2-4-11(10)9-12/h1-4,7-8,14H,5-6,9H2/b8-7+/t12-/m1/s1. The predicted octanol–water partition coefficient (Wildman–Crippen LogP) is 2.39. The summed E-state index contributed by atoms with van der Waals surface area (Å²) in [4.78, 5) is 0. The summed E-state index contributed by atoms with van der Waals surface area (Å²) in [7, 11) is 0. The van der Waals surface area contributed by atoms with Crippen LogP contribution >= 0.6 is 0 Å². The maximum atomic E-state index is 12.1. The first kappa shape index (κ1) is 9.41. The van der Waals surface area contributed by atoms with E-state index in [1.807, 2.05) is 18.2 Å². The summed E-state index contributed by atoms with van der Waals surface area (Å²) in [6.07, 6.45) is 3.63. The average Bonchev–Trinajstić information content (AvgIpc) is 2.17. The average molecular weight is 192 g/mol. The molecule has 0 saturated carbocycles. The number of fused-ring (bicyclic) bond motifs is 1. The molecule has 1 aromatic rings. The van der Waals surface area contributed by atoms with Crippen molar-refractivity contribution in [2.24, 2.45) is 0 Å². The molecule has 0 heterocycles. The topological polar surface area (TPSA) is 20.2 Å². The Bertz CT molecular complexity index is 359. The second kappa shape index (κ2) is 3.54. The van der Waals surface area contributed by atoms with E-state index in [9.17, 15) is 9.50 Å². The molecular formula is C12H13FO. The highest BCUT2D eigenvalue weighted by Crippen LogP contribution is 2.29. The lowest BCUT2D eigenvalue weighted by Gasteiger charge is -2.30. The van der Waals surface area contributed by atoms with Crippen LogP contribution in [0.25, 0.3) is 0 Å². The van der Waals surface area contributed by atoms with Crippen molar-refractivity contribution >= 4 is 0 Å². The van der Waals surface area contributed by atoms with Gasteiger partial charge in [0.25, 0.3) is 0 Å². The van der Waals surface area contributed by atoms with Gasteiger partial charge in [-0.25, -0.2) is 4.39 Å². The Labute approximate surface area is 82.9 Å². The molecule has 0 radical (unpaired) electrons. The molecule has 1 aliphatic rings. The van der Waals surface area contributed by atoms with Gasteiger partial charge in [-0.1, -0.05) is 24.3 Å². The SMILES string of the molecule is O[C@@]1(/C=C/F)CCc2ccccc2C1. The predicted molar refractivity (Wildman–Crippen MR) is 53.7 cm³/mol. The molecule has 0 saturated heterocycles. The first-order valence-electron chi connectivity index (χ1n) is 4.81. The summed E-state index contributed by atoms with van der Waals surface area (Å²) in [5, 5.41) is 9.99. The highest BCUT2D eigenvalue weighted by Gasteiger charge is 2.29.